The van der Waals surface area contributed by atoms with Crippen molar-refractivity contribution in [3.05, 3.63) is 53.9 Å². The molecule has 1 N–H and O–H groups in total. The van der Waals surface area contributed by atoms with Crippen molar-refractivity contribution in [2.75, 3.05) is 19.9 Å². The highest BCUT2D eigenvalue weighted by molar-refractivity contribution is 6.34. The predicted molar refractivity (Wildman–Crippen MR) is 94.6 cm³/mol. The molecular formula is C19H21N3O4. The van der Waals surface area contributed by atoms with Crippen LogP contribution in [0.4, 0.5) is 0 Å². The maximum Gasteiger partial charge on any atom is 0.311 e. The lowest BCUT2D eigenvalue weighted by Gasteiger charge is -2.20. The first-order chi connectivity index (χ1) is 12.7. The van der Waals surface area contributed by atoms with Crippen LogP contribution in [0.2, 0.25) is 0 Å². The maximum atomic E-state index is 12.4. The molecule has 2 amide bonds. The third kappa shape index (κ3) is 4.30. The van der Waals surface area contributed by atoms with Gasteiger partial charge in [-0.05, 0) is 48.7 Å². The Kier molecular flexibility index (Phi) is 5.68. The molecule has 26 heavy (non-hydrogen) atoms. The highest BCUT2D eigenvalue weighted by Crippen LogP contribution is 2.32. The summed E-state index contributed by atoms with van der Waals surface area (Å²) in [7, 11) is 0. The Morgan fingerprint density at radius 1 is 1.12 bits per heavy atom. The van der Waals surface area contributed by atoms with Crippen LogP contribution < -0.4 is 14.8 Å². The van der Waals surface area contributed by atoms with Gasteiger partial charge in [0, 0.05) is 32.0 Å². The second-order valence-electron chi connectivity index (χ2n) is 5.86. The average molecular weight is 355 g/mol. The second-order valence-corrected chi connectivity index (χ2v) is 5.86. The Labute approximate surface area is 151 Å². The molecule has 0 spiro atoms. The standard InChI is InChI=1S/C19H21N3O4/c1-2-22(10-7-14-5-8-20-9-6-14)19(24)18(23)21-12-15-3-4-16-17(11-15)26-13-25-16/h3-6,8-9,11H,2,7,10,12-13H2,1H3,(H,21,23). The van der Waals surface area contributed by atoms with Crippen molar-refractivity contribution in [1.82, 2.24) is 15.2 Å². The van der Waals surface area contributed by atoms with E-state index in [1.807, 2.05) is 25.1 Å². The maximum absolute atomic E-state index is 12.4. The lowest BCUT2D eigenvalue weighted by molar-refractivity contribution is -0.145. The number of nitrogens with one attached hydrogen (secondary N) is 1. The molecule has 1 aromatic carbocycles. The van der Waals surface area contributed by atoms with Crippen molar-refractivity contribution >= 4 is 11.8 Å². The third-order valence-corrected chi connectivity index (χ3v) is 4.17. The van der Waals surface area contributed by atoms with Crippen LogP contribution in [0.5, 0.6) is 11.5 Å². The molecule has 0 bridgehead atoms. The minimum Gasteiger partial charge on any atom is -0.454 e. The fraction of sp³-hybridized carbons (Fsp3) is 0.316. The fourth-order valence-electron chi connectivity index (χ4n) is 2.67. The zero-order valence-electron chi connectivity index (χ0n) is 14.6. The monoisotopic (exact) mass is 355 g/mol. The predicted octanol–water partition coefficient (Wildman–Crippen LogP) is 1.52. The summed E-state index contributed by atoms with van der Waals surface area (Å²) in [4.78, 5) is 30.1. The molecule has 136 valence electrons. The smallest absolute Gasteiger partial charge is 0.311 e. The number of carbonyl (C=O) groups excluding carboxylic acids is 2. The number of hydrogen-bond donors (Lipinski definition) is 1. The largest absolute Gasteiger partial charge is 0.454 e. The molecule has 0 unspecified atom stereocenters. The lowest BCUT2D eigenvalue weighted by atomic mass is 10.2. The topological polar surface area (TPSA) is 80.8 Å². The van der Waals surface area contributed by atoms with E-state index in [-0.39, 0.29) is 13.3 Å². The van der Waals surface area contributed by atoms with Gasteiger partial charge in [-0.15, -0.1) is 0 Å². The van der Waals surface area contributed by atoms with E-state index in [0.29, 0.717) is 31.0 Å². The third-order valence-electron chi connectivity index (χ3n) is 4.17. The summed E-state index contributed by atoms with van der Waals surface area (Å²) in [5, 5.41) is 2.67. The number of ether oxygens (including phenoxy) is 2. The van der Waals surface area contributed by atoms with Gasteiger partial charge < -0.3 is 19.7 Å². The zero-order chi connectivity index (χ0) is 18.4. The van der Waals surface area contributed by atoms with Crippen LogP contribution >= 0.6 is 0 Å². The Morgan fingerprint density at radius 2 is 1.88 bits per heavy atom. The molecule has 2 aromatic rings. The van der Waals surface area contributed by atoms with E-state index >= 15 is 0 Å². The number of benzene rings is 1. The van der Waals surface area contributed by atoms with E-state index in [9.17, 15) is 9.59 Å². The van der Waals surface area contributed by atoms with E-state index < -0.39 is 11.8 Å². The Hall–Kier alpha value is -3.09. The number of pyridine rings is 1. The minimum absolute atomic E-state index is 0.201. The van der Waals surface area contributed by atoms with Gasteiger partial charge >= 0.3 is 11.8 Å². The Bertz CT molecular complexity index is 780. The molecule has 2 heterocycles. The molecule has 0 saturated carbocycles. The highest BCUT2D eigenvalue weighted by Gasteiger charge is 2.20. The molecule has 0 radical (unpaired) electrons. The molecule has 3 rings (SSSR count). The van der Waals surface area contributed by atoms with Crippen LogP contribution in [-0.2, 0) is 22.6 Å². The van der Waals surface area contributed by atoms with Crippen molar-refractivity contribution in [2.24, 2.45) is 0 Å². The number of hydrogen-bond acceptors (Lipinski definition) is 5. The summed E-state index contributed by atoms with van der Waals surface area (Å²) >= 11 is 0. The van der Waals surface area contributed by atoms with E-state index in [1.54, 1.807) is 24.5 Å². The van der Waals surface area contributed by atoms with Gasteiger partial charge in [0.25, 0.3) is 0 Å². The molecule has 0 atom stereocenters. The molecule has 0 fully saturated rings. The molecule has 1 aliphatic heterocycles. The average Bonchev–Trinajstić information content (AvgIpc) is 3.15. The number of amides is 2. The van der Waals surface area contributed by atoms with Crippen LogP contribution in [0.15, 0.2) is 42.7 Å². The van der Waals surface area contributed by atoms with E-state index in [2.05, 4.69) is 10.3 Å². The summed E-state index contributed by atoms with van der Waals surface area (Å²) in [5.41, 5.74) is 1.92. The van der Waals surface area contributed by atoms with Crippen LogP contribution in [0.25, 0.3) is 0 Å². The number of likely N-dealkylation sites (N-methyl/N-ethyl adjacent to an activating group) is 1. The number of aromatic nitrogens is 1. The molecular weight excluding hydrogens is 334 g/mol. The van der Waals surface area contributed by atoms with Crippen LogP contribution in [0.3, 0.4) is 0 Å². The van der Waals surface area contributed by atoms with Crippen LogP contribution in [0, 0.1) is 0 Å². The minimum atomic E-state index is -0.612. The summed E-state index contributed by atoms with van der Waals surface area (Å²) in [6, 6.07) is 9.22. The Balaban J connectivity index is 1.51. The van der Waals surface area contributed by atoms with Crippen LogP contribution in [0.1, 0.15) is 18.1 Å². The SMILES string of the molecule is CCN(CCc1ccncc1)C(=O)C(=O)NCc1ccc2c(c1)OCO2. The molecule has 1 aliphatic rings. The van der Waals surface area contributed by atoms with Gasteiger partial charge in [0.2, 0.25) is 6.79 Å². The first kappa shape index (κ1) is 17.7. The number of nitrogens with zero attached hydrogens (tertiary/aromatic N) is 2. The van der Waals surface area contributed by atoms with Crippen molar-refractivity contribution in [3.8, 4) is 11.5 Å². The van der Waals surface area contributed by atoms with Gasteiger partial charge in [-0.3, -0.25) is 14.6 Å². The van der Waals surface area contributed by atoms with Gasteiger partial charge in [0.05, 0.1) is 0 Å². The van der Waals surface area contributed by atoms with E-state index in [1.165, 1.54) is 4.90 Å². The normalized spacial score (nSPS) is 11.9. The summed E-state index contributed by atoms with van der Waals surface area (Å²) in [6.07, 6.45) is 4.11. The zero-order valence-corrected chi connectivity index (χ0v) is 14.6. The number of fused-ring (bicyclic) bond motifs is 1. The molecule has 1 aromatic heterocycles. The fourth-order valence-corrected chi connectivity index (χ4v) is 2.67. The van der Waals surface area contributed by atoms with Crippen LogP contribution in [-0.4, -0.2) is 41.6 Å². The van der Waals surface area contributed by atoms with Crippen molar-refractivity contribution in [1.29, 1.82) is 0 Å². The van der Waals surface area contributed by atoms with Gasteiger partial charge in [-0.25, -0.2) is 0 Å². The summed E-state index contributed by atoms with van der Waals surface area (Å²) in [5.74, 6) is 0.196. The highest BCUT2D eigenvalue weighted by atomic mass is 16.7. The number of carbonyl (C=O) groups is 2. The van der Waals surface area contributed by atoms with Gasteiger partial charge in [0.15, 0.2) is 11.5 Å². The molecule has 7 nitrogen and oxygen atoms in total. The van der Waals surface area contributed by atoms with E-state index in [4.69, 9.17) is 9.47 Å². The van der Waals surface area contributed by atoms with E-state index in [0.717, 1.165) is 11.1 Å². The second kappa shape index (κ2) is 8.33. The first-order valence-electron chi connectivity index (χ1n) is 8.52. The van der Waals surface area contributed by atoms with Crippen molar-refractivity contribution < 1.29 is 19.1 Å². The van der Waals surface area contributed by atoms with Gasteiger partial charge in [-0.2, -0.15) is 0 Å². The van der Waals surface area contributed by atoms with Crippen molar-refractivity contribution in [2.45, 2.75) is 19.9 Å². The Morgan fingerprint density at radius 3 is 2.65 bits per heavy atom. The molecule has 7 heteroatoms. The summed E-state index contributed by atoms with van der Waals surface area (Å²) < 4.78 is 10.6. The van der Waals surface area contributed by atoms with Gasteiger partial charge in [-0.1, -0.05) is 6.07 Å². The molecule has 0 saturated heterocycles. The molecule has 0 aliphatic carbocycles. The van der Waals surface area contributed by atoms with Gasteiger partial charge in [0.1, 0.15) is 0 Å². The number of rotatable bonds is 6. The first-order valence-corrected chi connectivity index (χ1v) is 8.52. The quantitative estimate of drug-likeness (QED) is 0.795. The van der Waals surface area contributed by atoms with Crippen molar-refractivity contribution in [3.63, 3.8) is 0 Å². The summed E-state index contributed by atoms with van der Waals surface area (Å²) in [6.45, 7) is 3.27. The lowest BCUT2D eigenvalue weighted by Crippen LogP contribution is -2.43.